The van der Waals surface area contributed by atoms with Crippen LogP contribution in [0.15, 0.2) is 24.3 Å². The van der Waals surface area contributed by atoms with Crippen molar-refractivity contribution in [2.24, 2.45) is 5.41 Å². The van der Waals surface area contributed by atoms with Crippen LogP contribution in [0, 0.1) is 16.7 Å². The van der Waals surface area contributed by atoms with Crippen LogP contribution in [0.25, 0.3) is 0 Å². The van der Waals surface area contributed by atoms with Gasteiger partial charge in [0.15, 0.2) is 0 Å². The SMILES string of the molecule is CCC(C)c1ccc(CN(C)CC2(C#N)CC2)cc1. The molecule has 2 rings (SSSR count). The van der Waals surface area contributed by atoms with E-state index in [1.54, 1.807) is 0 Å². The topological polar surface area (TPSA) is 27.0 Å². The number of rotatable bonds is 6. The quantitative estimate of drug-likeness (QED) is 0.771. The monoisotopic (exact) mass is 256 g/mol. The van der Waals surface area contributed by atoms with Gasteiger partial charge in [0.1, 0.15) is 0 Å². The van der Waals surface area contributed by atoms with Gasteiger partial charge in [-0.25, -0.2) is 0 Å². The lowest BCUT2D eigenvalue weighted by molar-refractivity contribution is 0.286. The molecular formula is C17H24N2. The maximum absolute atomic E-state index is 9.12. The van der Waals surface area contributed by atoms with Gasteiger partial charge in [-0.2, -0.15) is 5.26 Å². The summed E-state index contributed by atoms with van der Waals surface area (Å²) in [6, 6.07) is 11.4. The van der Waals surface area contributed by atoms with Crippen LogP contribution in [-0.2, 0) is 6.54 Å². The van der Waals surface area contributed by atoms with Crippen molar-refractivity contribution < 1.29 is 0 Å². The van der Waals surface area contributed by atoms with E-state index >= 15 is 0 Å². The summed E-state index contributed by atoms with van der Waals surface area (Å²) in [4.78, 5) is 2.27. The molecule has 0 radical (unpaired) electrons. The van der Waals surface area contributed by atoms with Gasteiger partial charge in [0.25, 0.3) is 0 Å². The Morgan fingerprint density at radius 3 is 2.42 bits per heavy atom. The van der Waals surface area contributed by atoms with Crippen LogP contribution >= 0.6 is 0 Å². The minimum absolute atomic E-state index is 0.0363. The standard InChI is InChI=1S/C17H24N2/c1-4-14(2)16-7-5-15(6-8-16)11-19(3)13-17(12-18)9-10-17/h5-8,14H,4,9-11,13H2,1-3H3. The molecule has 1 saturated carbocycles. The van der Waals surface area contributed by atoms with E-state index < -0.39 is 0 Å². The zero-order valence-electron chi connectivity index (χ0n) is 12.3. The fourth-order valence-corrected chi connectivity index (χ4v) is 2.53. The molecule has 2 heteroatoms. The highest BCUT2D eigenvalue weighted by molar-refractivity contribution is 5.25. The second-order valence-corrected chi connectivity index (χ2v) is 6.12. The van der Waals surface area contributed by atoms with E-state index in [2.05, 4.69) is 56.1 Å². The highest BCUT2D eigenvalue weighted by Crippen LogP contribution is 2.45. The third-order valence-electron chi connectivity index (χ3n) is 4.28. The minimum Gasteiger partial charge on any atom is -0.301 e. The van der Waals surface area contributed by atoms with E-state index in [0.717, 1.165) is 25.9 Å². The molecule has 1 aliphatic carbocycles. The van der Waals surface area contributed by atoms with Gasteiger partial charge in [-0.15, -0.1) is 0 Å². The lowest BCUT2D eigenvalue weighted by Crippen LogP contribution is -2.25. The lowest BCUT2D eigenvalue weighted by atomic mass is 9.97. The molecule has 0 heterocycles. The molecule has 1 fully saturated rings. The molecule has 0 saturated heterocycles. The van der Waals surface area contributed by atoms with Crippen LogP contribution in [0.3, 0.4) is 0 Å². The first kappa shape index (κ1) is 14.1. The summed E-state index contributed by atoms with van der Waals surface area (Å²) >= 11 is 0. The van der Waals surface area contributed by atoms with Gasteiger partial charge in [0.05, 0.1) is 11.5 Å². The van der Waals surface area contributed by atoms with Crippen LogP contribution in [0.2, 0.25) is 0 Å². The van der Waals surface area contributed by atoms with E-state index in [1.807, 2.05) is 0 Å². The highest BCUT2D eigenvalue weighted by atomic mass is 15.1. The average Bonchev–Trinajstić information content (AvgIpc) is 3.19. The molecular weight excluding hydrogens is 232 g/mol. The molecule has 1 aliphatic rings. The van der Waals surface area contributed by atoms with Crippen molar-refractivity contribution in [2.45, 2.75) is 45.6 Å². The zero-order valence-corrected chi connectivity index (χ0v) is 12.3. The number of nitriles is 1. The fourth-order valence-electron chi connectivity index (χ4n) is 2.53. The summed E-state index contributed by atoms with van der Waals surface area (Å²) in [5.41, 5.74) is 2.72. The van der Waals surface area contributed by atoms with Crippen molar-refractivity contribution in [3.63, 3.8) is 0 Å². The Hall–Kier alpha value is -1.33. The summed E-state index contributed by atoms with van der Waals surface area (Å²) in [7, 11) is 2.11. The Bertz CT molecular complexity index is 451. The largest absolute Gasteiger partial charge is 0.301 e. The molecule has 2 nitrogen and oxygen atoms in total. The smallest absolute Gasteiger partial charge is 0.0703 e. The molecule has 0 bridgehead atoms. The fraction of sp³-hybridized carbons (Fsp3) is 0.588. The van der Waals surface area contributed by atoms with Crippen LogP contribution in [0.5, 0.6) is 0 Å². The molecule has 0 amide bonds. The van der Waals surface area contributed by atoms with E-state index in [0.29, 0.717) is 5.92 Å². The molecule has 0 aliphatic heterocycles. The summed E-state index contributed by atoms with van der Waals surface area (Å²) < 4.78 is 0. The Kier molecular flexibility index (Phi) is 4.27. The Morgan fingerprint density at radius 1 is 1.32 bits per heavy atom. The van der Waals surface area contributed by atoms with Crippen LogP contribution in [0.1, 0.15) is 50.2 Å². The van der Waals surface area contributed by atoms with Gasteiger partial charge in [0, 0.05) is 13.1 Å². The Labute approximate surface area is 117 Å². The third-order valence-corrected chi connectivity index (χ3v) is 4.28. The Morgan fingerprint density at radius 2 is 1.95 bits per heavy atom. The molecule has 0 aromatic heterocycles. The average molecular weight is 256 g/mol. The van der Waals surface area contributed by atoms with Crippen molar-refractivity contribution in [3.05, 3.63) is 35.4 Å². The highest BCUT2D eigenvalue weighted by Gasteiger charge is 2.43. The predicted octanol–water partition coefficient (Wildman–Crippen LogP) is 3.94. The lowest BCUT2D eigenvalue weighted by Gasteiger charge is -2.19. The number of benzene rings is 1. The number of hydrogen-bond donors (Lipinski definition) is 0. The van der Waals surface area contributed by atoms with Crippen molar-refractivity contribution in [1.29, 1.82) is 5.26 Å². The first-order chi connectivity index (χ1) is 9.08. The van der Waals surface area contributed by atoms with E-state index in [4.69, 9.17) is 5.26 Å². The molecule has 1 atom stereocenters. The predicted molar refractivity (Wildman–Crippen MR) is 78.8 cm³/mol. The van der Waals surface area contributed by atoms with E-state index in [1.165, 1.54) is 17.5 Å². The van der Waals surface area contributed by atoms with Gasteiger partial charge in [-0.05, 0) is 43.4 Å². The van der Waals surface area contributed by atoms with Crippen LogP contribution in [-0.4, -0.2) is 18.5 Å². The molecule has 1 unspecified atom stereocenters. The maximum Gasteiger partial charge on any atom is 0.0703 e. The maximum atomic E-state index is 9.12. The van der Waals surface area contributed by atoms with Crippen molar-refractivity contribution >= 4 is 0 Å². The third kappa shape index (κ3) is 3.58. The molecule has 102 valence electrons. The van der Waals surface area contributed by atoms with Gasteiger partial charge in [-0.3, -0.25) is 0 Å². The molecule has 1 aromatic rings. The second-order valence-electron chi connectivity index (χ2n) is 6.12. The summed E-state index contributed by atoms with van der Waals surface area (Å²) in [5, 5.41) is 9.12. The molecule has 0 N–H and O–H groups in total. The molecule has 1 aromatic carbocycles. The van der Waals surface area contributed by atoms with Crippen molar-refractivity contribution in [2.75, 3.05) is 13.6 Å². The summed E-state index contributed by atoms with van der Waals surface area (Å²) in [6.45, 7) is 6.33. The normalized spacial score (nSPS) is 18.1. The van der Waals surface area contributed by atoms with Gasteiger partial charge < -0.3 is 4.90 Å². The van der Waals surface area contributed by atoms with Crippen LogP contribution < -0.4 is 0 Å². The summed E-state index contributed by atoms with van der Waals surface area (Å²) in [5.74, 6) is 0.639. The number of nitrogens with zero attached hydrogens (tertiary/aromatic N) is 2. The van der Waals surface area contributed by atoms with E-state index in [9.17, 15) is 0 Å². The molecule has 0 spiro atoms. The second kappa shape index (κ2) is 5.75. The van der Waals surface area contributed by atoms with Crippen LogP contribution in [0.4, 0.5) is 0 Å². The molecule has 19 heavy (non-hydrogen) atoms. The zero-order chi connectivity index (χ0) is 13.9. The first-order valence-corrected chi connectivity index (χ1v) is 7.27. The number of hydrogen-bond acceptors (Lipinski definition) is 2. The van der Waals surface area contributed by atoms with Gasteiger partial charge in [0.2, 0.25) is 0 Å². The van der Waals surface area contributed by atoms with Gasteiger partial charge in [-0.1, -0.05) is 38.1 Å². The van der Waals surface area contributed by atoms with Gasteiger partial charge >= 0.3 is 0 Å². The Balaban J connectivity index is 1.91. The van der Waals surface area contributed by atoms with Crippen molar-refractivity contribution in [1.82, 2.24) is 4.90 Å². The van der Waals surface area contributed by atoms with Crippen molar-refractivity contribution in [3.8, 4) is 6.07 Å². The summed E-state index contributed by atoms with van der Waals surface area (Å²) in [6.07, 6.45) is 3.32. The van der Waals surface area contributed by atoms with E-state index in [-0.39, 0.29) is 5.41 Å². The first-order valence-electron chi connectivity index (χ1n) is 7.27. The minimum atomic E-state index is -0.0363.